The predicted molar refractivity (Wildman–Crippen MR) is 112 cm³/mol. The molecular weight excluding hydrogens is 370 g/mol. The van der Waals surface area contributed by atoms with Crippen molar-refractivity contribution in [3.63, 3.8) is 0 Å². The van der Waals surface area contributed by atoms with Gasteiger partial charge in [-0.1, -0.05) is 26.8 Å². The number of nitrogens with one attached hydrogen (secondary N) is 1. The quantitative estimate of drug-likeness (QED) is 0.660. The van der Waals surface area contributed by atoms with Crippen molar-refractivity contribution in [3.05, 3.63) is 69.6 Å². The molecular formula is C23H25NO5. The molecule has 152 valence electrons. The topological polar surface area (TPSA) is 77.8 Å². The molecule has 0 radical (unpaired) electrons. The Labute approximate surface area is 169 Å². The molecule has 3 aromatic rings. The van der Waals surface area contributed by atoms with E-state index in [0.717, 1.165) is 10.9 Å². The van der Waals surface area contributed by atoms with Gasteiger partial charge < -0.3 is 19.2 Å². The van der Waals surface area contributed by atoms with Crippen molar-refractivity contribution < 1.29 is 18.7 Å². The molecule has 0 aliphatic heterocycles. The van der Waals surface area contributed by atoms with Gasteiger partial charge in [-0.2, -0.15) is 0 Å². The maximum absolute atomic E-state index is 12.7. The zero-order chi connectivity index (χ0) is 21.2. The zero-order valence-corrected chi connectivity index (χ0v) is 17.3. The van der Waals surface area contributed by atoms with E-state index in [1.54, 1.807) is 24.3 Å². The molecule has 0 bridgehead atoms. The highest BCUT2D eigenvalue weighted by atomic mass is 16.5. The number of carbonyl (C=O) groups is 1. The number of ether oxygens (including phenoxy) is 2. The van der Waals surface area contributed by atoms with E-state index in [1.165, 1.54) is 20.3 Å². The molecule has 3 rings (SSSR count). The standard InChI is InChI=1S/C23H25NO5/c1-23(2,3)16-6-7-20-19(11-16)15(10-21(25)29-20)13-24-22(26)14-8-17(27-4)12-18(9-14)28-5/h6-12H,13H2,1-5H3,(H,24,26). The van der Waals surface area contributed by atoms with E-state index in [1.807, 2.05) is 12.1 Å². The first kappa shape index (κ1) is 20.5. The summed E-state index contributed by atoms with van der Waals surface area (Å²) >= 11 is 0. The summed E-state index contributed by atoms with van der Waals surface area (Å²) < 4.78 is 15.8. The van der Waals surface area contributed by atoms with Gasteiger partial charge in [0.2, 0.25) is 0 Å². The Morgan fingerprint density at radius 2 is 1.66 bits per heavy atom. The fraction of sp³-hybridized carbons (Fsp3) is 0.304. The highest BCUT2D eigenvalue weighted by Crippen LogP contribution is 2.27. The highest BCUT2D eigenvalue weighted by molar-refractivity contribution is 5.95. The molecule has 0 saturated carbocycles. The first-order chi connectivity index (χ1) is 13.7. The SMILES string of the molecule is COc1cc(OC)cc(C(=O)NCc2cc(=O)oc3ccc(C(C)(C)C)cc23)c1. The molecule has 1 N–H and O–H groups in total. The van der Waals surface area contributed by atoms with Crippen molar-refractivity contribution in [3.8, 4) is 11.5 Å². The first-order valence-electron chi connectivity index (χ1n) is 9.30. The van der Waals surface area contributed by atoms with Gasteiger partial charge in [-0.3, -0.25) is 4.79 Å². The number of rotatable bonds is 5. The number of benzene rings is 2. The number of hydrogen-bond donors (Lipinski definition) is 1. The maximum Gasteiger partial charge on any atom is 0.336 e. The van der Waals surface area contributed by atoms with Crippen LogP contribution in [0.4, 0.5) is 0 Å². The van der Waals surface area contributed by atoms with Gasteiger partial charge in [-0.15, -0.1) is 0 Å². The van der Waals surface area contributed by atoms with Gasteiger partial charge in [0.25, 0.3) is 5.91 Å². The molecule has 0 aliphatic carbocycles. The van der Waals surface area contributed by atoms with Crippen LogP contribution < -0.4 is 20.4 Å². The second-order valence-electron chi connectivity index (χ2n) is 7.84. The average molecular weight is 395 g/mol. The molecule has 29 heavy (non-hydrogen) atoms. The van der Waals surface area contributed by atoms with Gasteiger partial charge in [0.15, 0.2) is 0 Å². The molecule has 2 aromatic carbocycles. The van der Waals surface area contributed by atoms with Crippen LogP contribution >= 0.6 is 0 Å². The van der Waals surface area contributed by atoms with E-state index in [0.29, 0.717) is 28.2 Å². The van der Waals surface area contributed by atoms with Crippen LogP contribution in [0.5, 0.6) is 11.5 Å². The summed E-state index contributed by atoms with van der Waals surface area (Å²) in [5, 5.41) is 3.67. The van der Waals surface area contributed by atoms with Crippen LogP contribution in [-0.2, 0) is 12.0 Å². The fourth-order valence-electron chi connectivity index (χ4n) is 3.06. The number of fused-ring (bicyclic) bond motifs is 1. The van der Waals surface area contributed by atoms with Crippen molar-refractivity contribution in [1.29, 1.82) is 0 Å². The highest BCUT2D eigenvalue weighted by Gasteiger charge is 2.16. The summed E-state index contributed by atoms with van der Waals surface area (Å²) in [6, 6.07) is 12.1. The second kappa shape index (κ2) is 7.99. The Bertz CT molecular complexity index is 1090. The summed E-state index contributed by atoms with van der Waals surface area (Å²) in [7, 11) is 3.05. The van der Waals surface area contributed by atoms with Crippen LogP contribution in [0.25, 0.3) is 11.0 Å². The lowest BCUT2D eigenvalue weighted by Gasteiger charge is -2.19. The van der Waals surface area contributed by atoms with Crippen molar-refractivity contribution in [2.75, 3.05) is 14.2 Å². The monoisotopic (exact) mass is 395 g/mol. The fourth-order valence-corrected chi connectivity index (χ4v) is 3.06. The Balaban J connectivity index is 1.92. The molecule has 1 aromatic heterocycles. The molecule has 6 nitrogen and oxygen atoms in total. The van der Waals surface area contributed by atoms with Crippen molar-refractivity contribution in [1.82, 2.24) is 5.32 Å². The molecule has 6 heteroatoms. The van der Waals surface area contributed by atoms with Gasteiger partial charge in [0.05, 0.1) is 14.2 Å². The Kier molecular flexibility index (Phi) is 5.64. The van der Waals surface area contributed by atoms with E-state index in [2.05, 4.69) is 26.1 Å². The molecule has 0 fully saturated rings. The molecule has 1 heterocycles. The lowest BCUT2D eigenvalue weighted by atomic mass is 9.86. The van der Waals surface area contributed by atoms with Gasteiger partial charge in [-0.25, -0.2) is 4.79 Å². The van der Waals surface area contributed by atoms with Gasteiger partial charge in [0, 0.05) is 29.6 Å². The molecule has 0 atom stereocenters. The summed E-state index contributed by atoms with van der Waals surface area (Å²) in [6.45, 7) is 6.54. The normalized spacial score (nSPS) is 11.3. The third kappa shape index (κ3) is 4.59. The van der Waals surface area contributed by atoms with E-state index in [4.69, 9.17) is 13.9 Å². The maximum atomic E-state index is 12.7. The van der Waals surface area contributed by atoms with Crippen LogP contribution in [0.3, 0.4) is 0 Å². The van der Waals surface area contributed by atoms with E-state index < -0.39 is 5.63 Å². The average Bonchev–Trinajstić information content (AvgIpc) is 2.70. The van der Waals surface area contributed by atoms with Crippen molar-refractivity contribution >= 4 is 16.9 Å². The zero-order valence-electron chi connectivity index (χ0n) is 17.3. The Hall–Kier alpha value is -3.28. The molecule has 0 unspecified atom stereocenters. The number of carbonyl (C=O) groups excluding carboxylic acids is 1. The lowest BCUT2D eigenvalue weighted by Crippen LogP contribution is -2.23. The number of amides is 1. The Morgan fingerprint density at radius 1 is 1.00 bits per heavy atom. The van der Waals surface area contributed by atoms with Crippen molar-refractivity contribution in [2.45, 2.75) is 32.7 Å². The molecule has 0 spiro atoms. The van der Waals surface area contributed by atoms with Gasteiger partial charge in [-0.05, 0) is 40.8 Å². The predicted octanol–water partition coefficient (Wildman–Crippen LogP) is 4.04. The van der Waals surface area contributed by atoms with Crippen molar-refractivity contribution in [2.24, 2.45) is 0 Å². The Morgan fingerprint density at radius 3 is 2.24 bits per heavy atom. The van der Waals surface area contributed by atoms with Crippen LogP contribution in [0.15, 0.2) is 51.7 Å². The van der Waals surface area contributed by atoms with E-state index >= 15 is 0 Å². The summed E-state index contributed by atoms with van der Waals surface area (Å²) in [4.78, 5) is 24.6. The minimum Gasteiger partial charge on any atom is -0.497 e. The van der Waals surface area contributed by atoms with E-state index in [9.17, 15) is 9.59 Å². The molecule has 0 aliphatic rings. The molecule has 0 saturated heterocycles. The molecule has 1 amide bonds. The lowest BCUT2D eigenvalue weighted by molar-refractivity contribution is 0.0950. The number of methoxy groups -OCH3 is 2. The van der Waals surface area contributed by atoms with E-state index in [-0.39, 0.29) is 17.9 Å². The van der Waals surface area contributed by atoms with Gasteiger partial charge >= 0.3 is 5.63 Å². The summed E-state index contributed by atoms with van der Waals surface area (Å²) in [5.41, 5.74) is 2.21. The largest absolute Gasteiger partial charge is 0.497 e. The van der Waals surface area contributed by atoms with Crippen LogP contribution in [0.2, 0.25) is 0 Å². The van der Waals surface area contributed by atoms with Crippen LogP contribution in [0.1, 0.15) is 42.3 Å². The smallest absolute Gasteiger partial charge is 0.336 e. The third-order valence-electron chi connectivity index (χ3n) is 4.75. The van der Waals surface area contributed by atoms with Gasteiger partial charge in [0.1, 0.15) is 17.1 Å². The third-order valence-corrected chi connectivity index (χ3v) is 4.75. The minimum atomic E-state index is -0.451. The first-order valence-corrected chi connectivity index (χ1v) is 9.30. The number of hydrogen-bond acceptors (Lipinski definition) is 5. The summed E-state index contributed by atoms with van der Waals surface area (Å²) in [6.07, 6.45) is 0. The second-order valence-corrected chi connectivity index (χ2v) is 7.84. The van der Waals surface area contributed by atoms with Crippen LogP contribution in [0, 0.1) is 0 Å². The minimum absolute atomic E-state index is 0.0536. The summed E-state index contributed by atoms with van der Waals surface area (Å²) in [5.74, 6) is 0.751. The van der Waals surface area contributed by atoms with Crippen LogP contribution in [-0.4, -0.2) is 20.1 Å².